The fourth-order valence-corrected chi connectivity index (χ4v) is 3.11. The number of thiazole rings is 1. The van der Waals surface area contributed by atoms with Crippen molar-refractivity contribution in [1.82, 2.24) is 4.98 Å². The second kappa shape index (κ2) is 4.15. The van der Waals surface area contributed by atoms with E-state index in [1.54, 1.807) is 11.3 Å². The van der Waals surface area contributed by atoms with E-state index in [0.29, 0.717) is 5.92 Å². The molecule has 0 radical (unpaired) electrons. The number of aromatic nitrogens is 1. The maximum atomic E-state index is 5.84. The summed E-state index contributed by atoms with van der Waals surface area (Å²) in [5, 5.41) is 0.718. The van der Waals surface area contributed by atoms with E-state index < -0.39 is 0 Å². The van der Waals surface area contributed by atoms with Gasteiger partial charge in [-0.05, 0) is 30.9 Å². The first-order chi connectivity index (χ1) is 8.24. The van der Waals surface area contributed by atoms with Crippen molar-refractivity contribution in [2.75, 3.05) is 5.73 Å². The summed E-state index contributed by atoms with van der Waals surface area (Å²) in [6.07, 6.45) is 3.54. The Labute approximate surface area is 106 Å². The standard InChI is InChI=1S/C14H16N2S/c1-9-4-2-3-5-11(9)8-12-13(10-6-7-10)16-14(15)17-12/h2-5,10H,6-8H2,1H3,(H2,15,16). The minimum Gasteiger partial charge on any atom is -0.375 e. The molecule has 3 rings (SSSR count). The third-order valence-electron chi connectivity index (χ3n) is 3.32. The Bertz CT molecular complexity index is 541. The first-order valence-electron chi connectivity index (χ1n) is 6.03. The maximum absolute atomic E-state index is 5.84. The molecule has 0 atom stereocenters. The molecule has 1 fully saturated rings. The van der Waals surface area contributed by atoms with Gasteiger partial charge in [0.05, 0.1) is 5.69 Å². The van der Waals surface area contributed by atoms with Crippen LogP contribution in [0.3, 0.4) is 0 Å². The number of aryl methyl sites for hydroxylation is 1. The first-order valence-corrected chi connectivity index (χ1v) is 6.85. The molecule has 1 saturated carbocycles. The Morgan fingerprint density at radius 2 is 2.12 bits per heavy atom. The smallest absolute Gasteiger partial charge is 0.180 e. The second-order valence-electron chi connectivity index (χ2n) is 4.74. The van der Waals surface area contributed by atoms with E-state index in [4.69, 9.17) is 5.73 Å². The van der Waals surface area contributed by atoms with Crippen LogP contribution >= 0.6 is 11.3 Å². The Morgan fingerprint density at radius 1 is 1.35 bits per heavy atom. The zero-order chi connectivity index (χ0) is 11.8. The number of nitrogen functional groups attached to an aromatic ring is 1. The van der Waals surface area contributed by atoms with Gasteiger partial charge in [0, 0.05) is 17.2 Å². The quantitative estimate of drug-likeness (QED) is 0.897. The fraction of sp³-hybridized carbons (Fsp3) is 0.357. The van der Waals surface area contributed by atoms with Crippen molar-refractivity contribution >= 4 is 16.5 Å². The van der Waals surface area contributed by atoms with Gasteiger partial charge >= 0.3 is 0 Å². The van der Waals surface area contributed by atoms with Crippen molar-refractivity contribution in [2.45, 2.75) is 32.1 Å². The lowest BCUT2D eigenvalue weighted by atomic mass is 10.0. The van der Waals surface area contributed by atoms with E-state index in [1.165, 1.54) is 34.5 Å². The van der Waals surface area contributed by atoms with Crippen molar-refractivity contribution < 1.29 is 0 Å². The van der Waals surface area contributed by atoms with Crippen LogP contribution in [-0.4, -0.2) is 4.98 Å². The van der Waals surface area contributed by atoms with E-state index in [-0.39, 0.29) is 0 Å². The lowest BCUT2D eigenvalue weighted by Crippen LogP contribution is -1.93. The van der Waals surface area contributed by atoms with Crippen LogP contribution in [0.15, 0.2) is 24.3 Å². The highest BCUT2D eigenvalue weighted by molar-refractivity contribution is 7.15. The SMILES string of the molecule is Cc1ccccc1Cc1sc(N)nc1C1CC1. The van der Waals surface area contributed by atoms with Crippen LogP contribution in [-0.2, 0) is 6.42 Å². The molecule has 2 aromatic rings. The first kappa shape index (κ1) is 10.8. The van der Waals surface area contributed by atoms with Crippen molar-refractivity contribution in [2.24, 2.45) is 0 Å². The van der Waals surface area contributed by atoms with Gasteiger partial charge in [-0.25, -0.2) is 4.98 Å². The van der Waals surface area contributed by atoms with Crippen LogP contribution in [0.25, 0.3) is 0 Å². The van der Waals surface area contributed by atoms with E-state index in [9.17, 15) is 0 Å². The zero-order valence-electron chi connectivity index (χ0n) is 9.94. The van der Waals surface area contributed by atoms with Gasteiger partial charge < -0.3 is 5.73 Å². The van der Waals surface area contributed by atoms with Crippen molar-refractivity contribution in [1.29, 1.82) is 0 Å². The second-order valence-corrected chi connectivity index (χ2v) is 5.85. The summed E-state index contributed by atoms with van der Waals surface area (Å²) < 4.78 is 0. The highest BCUT2D eigenvalue weighted by Gasteiger charge is 2.29. The Balaban J connectivity index is 1.92. The summed E-state index contributed by atoms with van der Waals surface area (Å²) in [5.41, 5.74) is 9.84. The van der Waals surface area contributed by atoms with Gasteiger partial charge in [0.25, 0.3) is 0 Å². The fourth-order valence-electron chi connectivity index (χ4n) is 2.17. The molecule has 0 spiro atoms. The number of rotatable bonds is 3. The van der Waals surface area contributed by atoms with Crippen LogP contribution < -0.4 is 5.73 Å². The summed E-state index contributed by atoms with van der Waals surface area (Å²) in [7, 11) is 0. The molecule has 1 aromatic heterocycles. The lowest BCUT2D eigenvalue weighted by molar-refractivity contribution is 1.01. The molecule has 1 aliphatic rings. The van der Waals surface area contributed by atoms with Gasteiger partial charge in [-0.2, -0.15) is 0 Å². The van der Waals surface area contributed by atoms with Gasteiger partial charge in [-0.3, -0.25) is 0 Å². The number of nitrogens with zero attached hydrogens (tertiary/aromatic N) is 1. The summed E-state index contributed by atoms with van der Waals surface area (Å²) in [5.74, 6) is 0.683. The molecule has 0 saturated heterocycles. The number of benzene rings is 1. The molecule has 2 nitrogen and oxygen atoms in total. The third-order valence-corrected chi connectivity index (χ3v) is 4.22. The van der Waals surface area contributed by atoms with Crippen LogP contribution in [0.5, 0.6) is 0 Å². The number of hydrogen-bond acceptors (Lipinski definition) is 3. The largest absolute Gasteiger partial charge is 0.375 e. The molecule has 0 aliphatic heterocycles. The molecular formula is C14H16N2S. The van der Waals surface area contributed by atoms with Crippen LogP contribution in [0.1, 0.15) is 40.5 Å². The van der Waals surface area contributed by atoms with Gasteiger partial charge in [0.1, 0.15) is 0 Å². The highest BCUT2D eigenvalue weighted by atomic mass is 32.1. The topological polar surface area (TPSA) is 38.9 Å². The number of nitrogens with two attached hydrogens (primary N) is 1. The molecular weight excluding hydrogens is 228 g/mol. The van der Waals surface area contributed by atoms with Crippen LogP contribution in [0.4, 0.5) is 5.13 Å². The monoisotopic (exact) mass is 244 g/mol. The summed E-state index contributed by atoms with van der Waals surface area (Å²) in [4.78, 5) is 5.86. The Kier molecular flexibility index (Phi) is 2.63. The molecule has 0 amide bonds. The molecule has 0 bridgehead atoms. The molecule has 1 heterocycles. The van der Waals surface area contributed by atoms with E-state index in [2.05, 4.69) is 36.2 Å². The maximum Gasteiger partial charge on any atom is 0.180 e. The van der Waals surface area contributed by atoms with E-state index >= 15 is 0 Å². The minimum absolute atomic E-state index is 0.683. The molecule has 2 N–H and O–H groups in total. The zero-order valence-corrected chi connectivity index (χ0v) is 10.8. The molecule has 0 unspecified atom stereocenters. The third kappa shape index (κ3) is 2.20. The van der Waals surface area contributed by atoms with E-state index in [1.807, 2.05) is 0 Å². The summed E-state index contributed by atoms with van der Waals surface area (Å²) in [6.45, 7) is 2.16. The van der Waals surface area contributed by atoms with Gasteiger partial charge in [-0.1, -0.05) is 24.3 Å². The summed E-state index contributed by atoms with van der Waals surface area (Å²) in [6, 6.07) is 8.55. The normalized spacial score (nSPS) is 15.1. The minimum atomic E-state index is 0.683. The lowest BCUT2D eigenvalue weighted by Gasteiger charge is -2.04. The van der Waals surface area contributed by atoms with Crippen molar-refractivity contribution in [3.05, 3.63) is 46.0 Å². The summed E-state index contributed by atoms with van der Waals surface area (Å²) >= 11 is 1.65. The molecule has 1 aliphatic carbocycles. The molecule has 88 valence electrons. The number of hydrogen-bond donors (Lipinski definition) is 1. The van der Waals surface area contributed by atoms with Crippen molar-refractivity contribution in [3.63, 3.8) is 0 Å². The Morgan fingerprint density at radius 3 is 2.82 bits per heavy atom. The van der Waals surface area contributed by atoms with E-state index in [0.717, 1.165) is 11.6 Å². The Hall–Kier alpha value is -1.35. The van der Waals surface area contributed by atoms with Gasteiger partial charge in [0.2, 0.25) is 0 Å². The number of anilines is 1. The molecule has 1 aromatic carbocycles. The van der Waals surface area contributed by atoms with Gasteiger partial charge in [0.15, 0.2) is 5.13 Å². The molecule has 17 heavy (non-hydrogen) atoms. The predicted molar refractivity (Wildman–Crippen MR) is 72.5 cm³/mol. The average molecular weight is 244 g/mol. The predicted octanol–water partition coefficient (Wildman–Crippen LogP) is 3.50. The molecule has 3 heteroatoms. The van der Waals surface area contributed by atoms with Crippen LogP contribution in [0.2, 0.25) is 0 Å². The van der Waals surface area contributed by atoms with Crippen LogP contribution in [0, 0.1) is 6.92 Å². The average Bonchev–Trinajstić information content (AvgIpc) is 3.07. The van der Waals surface area contributed by atoms with Crippen molar-refractivity contribution in [3.8, 4) is 0 Å². The highest BCUT2D eigenvalue weighted by Crippen LogP contribution is 2.43. The van der Waals surface area contributed by atoms with Gasteiger partial charge in [-0.15, -0.1) is 11.3 Å².